The summed E-state index contributed by atoms with van der Waals surface area (Å²) in [4.78, 5) is 0. The Hall–Kier alpha value is -0.226. The first-order valence-corrected chi connectivity index (χ1v) is 12.4. The highest BCUT2D eigenvalue weighted by Crippen LogP contribution is 2.23. The summed E-state index contributed by atoms with van der Waals surface area (Å²) >= 11 is 0. The van der Waals surface area contributed by atoms with E-state index in [1.54, 1.807) is 0 Å². The molecule has 0 aromatic rings. The third-order valence-electron chi connectivity index (χ3n) is 2.85. The van der Waals surface area contributed by atoms with Gasteiger partial charge in [-0.05, 0) is 52.1 Å². The molecule has 2 nitrogen and oxygen atoms in total. The maximum atomic E-state index is 6.12. The van der Waals surface area contributed by atoms with Crippen molar-refractivity contribution in [3.8, 4) is 0 Å². The zero-order valence-electron chi connectivity index (χ0n) is 12.2. The van der Waals surface area contributed by atoms with Crippen LogP contribution in [0.1, 0.15) is 27.7 Å². The minimum absolute atomic E-state index is 0.803. The van der Waals surface area contributed by atoms with Crippen molar-refractivity contribution in [2.45, 2.75) is 66.0 Å². The summed E-state index contributed by atoms with van der Waals surface area (Å²) in [6.07, 6.45) is 0. The zero-order chi connectivity index (χ0) is 13.0. The predicted molar refractivity (Wildman–Crippen MR) is 76.5 cm³/mol. The molecule has 0 radical (unpaired) electrons. The van der Waals surface area contributed by atoms with Crippen LogP contribution >= 0.6 is 0 Å². The molecule has 16 heavy (non-hydrogen) atoms. The van der Waals surface area contributed by atoms with Crippen LogP contribution in [-0.2, 0) is 8.85 Å². The van der Waals surface area contributed by atoms with Gasteiger partial charge in [0, 0.05) is 5.57 Å². The fourth-order valence-corrected chi connectivity index (χ4v) is 2.74. The Morgan fingerprint density at radius 2 is 1.12 bits per heavy atom. The van der Waals surface area contributed by atoms with Crippen LogP contribution in [0.4, 0.5) is 0 Å². The maximum absolute atomic E-state index is 6.12. The third kappa shape index (κ3) is 5.75. The van der Waals surface area contributed by atoms with Gasteiger partial charge in [0.2, 0.25) is 22.6 Å². The molecule has 0 aliphatic carbocycles. The van der Waals surface area contributed by atoms with Crippen LogP contribution in [0.5, 0.6) is 0 Å². The van der Waals surface area contributed by atoms with Crippen molar-refractivity contribution >= 4 is 16.6 Å². The first-order chi connectivity index (χ1) is 7.13. The summed E-state index contributed by atoms with van der Waals surface area (Å²) in [5.41, 5.74) is 1.16. The standard InChI is InChI=1S/C12H28O2Si2/c1-9-15(5,6)13-12(11(3)4)14-16(7,8)10-2/h9-10H2,1-8H3. The lowest BCUT2D eigenvalue weighted by atomic mass is 10.4. The smallest absolute Gasteiger partial charge is 0.249 e. The van der Waals surface area contributed by atoms with Gasteiger partial charge in [-0.2, -0.15) is 0 Å². The lowest BCUT2D eigenvalue weighted by molar-refractivity contribution is 0.207. The van der Waals surface area contributed by atoms with Gasteiger partial charge in [-0.15, -0.1) is 0 Å². The van der Waals surface area contributed by atoms with Gasteiger partial charge in [-0.25, -0.2) is 0 Å². The van der Waals surface area contributed by atoms with E-state index in [2.05, 4.69) is 53.9 Å². The van der Waals surface area contributed by atoms with Gasteiger partial charge in [0.1, 0.15) is 0 Å². The number of hydrogen-bond donors (Lipinski definition) is 0. The SMILES string of the molecule is CC[Si](C)(C)OC(O[Si](C)(C)CC)=C(C)C. The van der Waals surface area contributed by atoms with E-state index in [1.165, 1.54) is 0 Å². The largest absolute Gasteiger partial charge is 0.520 e. The number of hydrogen-bond acceptors (Lipinski definition) is 2. The molecule has 0 bridgehead atoms. The molecule has 0 fully saturated rings. The molecule has 0 unspecified atom stereocenters. The zero-order valence-corrected chi connectivity index (χ0v) is 14.2. The fourth-order valence-electron chi connectivity index (χ4n) is 0.871. The van der Waals surface area contributed by atoms with Crippen LogP contribution in [0.25, 0.3) is 0 Å². The molecule has 4 heteroatoms. The Bertz CT molecular complexity index is 234. The van der Waals surface area contributed by atoms with Gasteiger partial charge in [-0.1, -0.05) is 13.8 Å². The highest BCUT2D eigenvalue weighted by Gasteiger charge is 2.28. The van der Waals surface area contributed by atoms with Crippen molar-refractivity contribution in [3.63, 3.8) is 0 Å². The topological polar surface area (TPSA) is 18.5 Å². The van der Waals surface area contributed by atoms with E-state index in [0.717, 1.165) is 23.6 Å². The van der Waals surface area contributed by atoms with Crippen LogP contribution in [0.15, 0.2) is 11.5 Å². The summed E-state index contributed by atoms with van der Waals surface area (Å²) in [7, 11) is -3.15. The lowest BCUT2D eigenvalue weighted by Crippen LogP contribution is -2.35. The first kappa shape index (κ1) is 15.8. The maximum Gasteiger partial charge on any atom is 0.249 e. The summed E-state index contributed by atoms with van der Waals surface area (Å²) in [6, 6.07) is 2.22. The molecule has 0 heterocycles. The van der Waals surface area contributed by atoms with Crippen LogP contribution < -0.4 is 0 Å². The molecule has 0 aliphatic rings. The van der Waals surface area contributed by atoms with Gasteiger partial charge in [-0.3, -0.25) is 0 Å². The summed E-state index contributed by atoms with van der Waals surface area (Å²) in [5, 5.41) is 0. The van der Waals surface area contributed by atoms with Crippen LogP contribution in [-0.4, -0.2) is 16.6 Å². The molecule has 0 N–H and O–H groups in total. The van der Waals surface area contributed by atoms with Crippen LogP contribution in [0, 0.1) is 0 Å². The Kier molecular flexibility index (Phi) is 5.83. The van der Waals surface area contributed by atoms with Gasteiger partial charge >= 0.3 is 0 Å². The summed E-state index contributed by atoms with van der Waals surface area (Å²) < 4.78 is 12.2. The Balaban J connectivity index is 4.75. The Morgan fingerprint density at radius 3 is 1.31 bits per heavy atom. The van der Waals surface area contributed by atoms with Crippen molar-refractivity contribution in [2.24, 2.45) is 0 Å². The van der Waals surface area contributed by atoms with Crippen LogP contribution in [0.3, 0.4) is 0 Å². The average Bonchev–Trinajstić information content (AvgIpc) is 2.16. The molecule has 0 saturated heterocycles. The molecule has 0 saturated carbocycles. The molecule has 0 spiro atoms. The molecular weight excluding hydrogens is 232 g/mol. The number of rotatable bonds is 6. The Labute approximate surface area is 103 Å². The van der Waals surface area contributed by atoms with Gasteiger partial charge in [0.05, 0.1) is 0 Å². The van der Waals surface area contributed by atoms with E-state index in [4.69, 9.17) is 8.85 Å². The van der Waals surface area contributed by atoms with E-state index in [1.807, 2.05) is 0 Å². The minimum Gasteiger partial charge on any atom is -0.520 e. The van der Waals surface area contributed by atoms with Crippen molar-refractivity contribution in [2.75, 3.05) is 0 Å². The lowest BCUT2D eigenvalue weighted by Gasteiger charge is -2.31. The molecular formula is C12H28O2Si2. The molecule has 0 rings (SSSR count). The highest BCUT2D eigenvalue weighted by molar-refractivity contribution is 6.72. The number of allylic oxidation sites excluding steroid dienone is 1. The van der Waals surface area contributed by atoms with Crippen molar-refractivity contribution < 1.29 is 8.85 Å². The summed E-state index contributed by atoms with van der Waals surface area (Å²) in [5.74, 6) is 0.803. The van der Waals surface area contributed by atoms with E-state index >= 15 is 0 Å². The molecule has 0 amide bonds. The van der Waals surface area contributed by atoms with E-state index in [-0.39, 0.29) is 0 Å². The van der Waals surface area contributed by atoms with Crippen molar-refractivity contribution in [3.05, 3.63) is 11.5 Å². The molecule has 0 aliphatic heterocycles. The van der Waals surface area contributed by atoms with Gasteiger partial charge in [0.15, 0.2) is 0 Å². The minimum atomic E-state index is -1.58. The third-order valence-corrected chi connectivity index (χ3v) is 7.73. The molecule has 0 aromatic heterocycles. The quantitative estimate of drug-likeness (QED) is 0.508. The first-order valence-electron chi connectivity index (χ1n) is 6.19. The van der Waals surface area contributed by atoms with Gasteiger partial charge in [0.25, 0.3) is 0 Å². The second kappa shape index (κ2) is 5.91. The van der Waals surface area contributed by atoms with Crippen LogP contribution in [0.2, 0.25) is 38.3 Å². The average molecular weight is 261 g/mol. The molecule has 0 aromatic carbocycles. The second-order valence-corrected chi connectivity index (χ2v) is 14.6. The fraction of sp³-hybridized carbons (Fsp3) is 0.833. The Morgan fingerprint density at radius 1 is 0.812 bits per heavy atom. The second-order valence-electron chi connectivity index (χ2n) is 5.72. The van der Waals surface area contributed by atoms with E-state index in [9.17, 15) is 0 Å². The normalized spacial score (nSPS) is 12.2. The van der Waals surface area contributed by atoms with E-state index < -0.39 is 16.6 Å². The molecule has 0 atom stereocenters. The van der Waals surface area contributed by atoms with E-state index in [0.29, 0.717) is 0 Å². The highest BCUT2D eigenvalue weighted by atomic mass is 28.4. The monoisotopic (exact) mass is 260 g/mol. The summed E-state index contributed by atoms with van der Waals surface area (Å²) in [6.45, 7) is 17.5. The van der Waals surface area contributed by atoms with Crippen molar-refractivity contribution in [1.82, 2.24) is 0 Å². The van der Waals surface area contributed by atoms with Gasteiger partial charge < -0.3 is 8.85 Å². The predicted octanol–water partition coefficient (Wildman–Crippen LogP) is 4.72. The van der Waals surface area contributed by atoms with Crippen molar-refractivity contribution in [1.29, 1.82) is 0 Å². The molecule has 96 valence electrons.